The molecule has 1 aromatic carbocycles. The topological polar surface area (TPSA) is 90.1 Å². The Bertz CT molecular complexity index is 604. The predicted molar refractivity (Wildman–Crippen MR) is 80.1 cm³/mol. The Morgan fingerprint density at radius 3 is 3.10 bits per heavy atom. The summed E-state index contributed by atoms with van der Waals surface area (Å²) in [5.74, 6) is -0.288. The molecule has 0 fully saturated rings. The van der Waals surface area contributed by atoms with Gasteiger partial charge >= 0.3 is 0 Å². The van der Waals surface area contributed by atoms with Gasteiger partial charge in [0.05, 0.1) is 28.5 Å². The standard InChI is InChI=1S/C12H15ClN4O2S/c1-19-6-2-3-8(14)12(18)15-10-7(13)4-5-9-11(10)17-20-16-9/h4-5,8H,2-3,6,14H2,1H3,(H,15,18). The third kappa shape index (κ3) is 3.43. The van der Waals surface area contributed by atoms with Crippen LogP contribution in [0.2, 0.25) is 5.02 Å². The minimum absolute atomic E-state index is 0.288. The number of halogens is 1. The number of nitrogens with zero attached hydrogens (tertiary/aromatic N) is 2. The molecule has 1 atom stereocenters. The molecular weight excluding hydrogens is 300 g/mol. The maximum absolute atomic E-state index is 12.0. The average Bonchev–Trinajstić information content (AvgIpc) is 2.90. The van der Waals surface area contributed by atoms with E-state index in [1.54, 1.807) is 19.2 Å². The molecule has 3 N–H and O–H groups in total. The average molecular weight is 315 g/mol. The Morgan fingerprint density at radius 2 is 2.35 bits per heavy atom. The molecule has 1 amide bonds. The minimum Gasteiger partial charge on any atom is -0.385 e. The number of anilines is 1. The van der Waals surface area contributed by atoms with Crippen LogP contribution in [0.15, 0.2) is 12.1 Å². The van der Waals surface area contributed by atoms with Crippen molar-refractivity contribution in [2.45, 2.75) is 18.9 Å². The molecule has 2 aromatic rings. The van der Waals surface area contributed by atoms with Gasteiger partial charge in [0.25, 0.3) is 0 Å². The Balaban J connectivity index is 2.09. The normalized spacial score (nSPS) is 12.6. The second-order valence-corrected chi connectivity index (χ2v) is 5.22. The van der Waals surface area contributed by atoms with Gasteiger partial charge < -0.3 is 15.8 Å². The summed E-state index contributed by atoms with van der Waals surface area (Å²) < 4.78 is 13.2. The van der Waals surface area contributed by atoms with E-state index in [4.69, 9.17) is 22.1 Å². The highest BCUT2D eigenvalue weighted by Crippen LogP contribution is 2.29. The predicted octanol–water partition coefficient (Wildman–Crippen LogP) is 2.04. The lowest BCUT2D eigenvalue weighted by Crippen LogP contribution is -2.35. The van der Waals surface area contributed by atoms with Crippen LogP contribution in [0.25, 0.3) is 11.0 Å². The molecule has 8 heteroatoms. The highest BCUT2D eigenvalue weighted by atomic mass is 35.5. The van der Waals surface area contributed by atoms with Gasteiger partial charge in [-0.05, 0) is 25.0 Å². The summed E-state index contributed by atoms with van der Waals surface area (Å²) in [6, 6.07) is 2.83. The fraction of sp³-hybridized carbons (Fsp3) is 0.417. The quantitative estimate of drug-likeness (QED) is 0.796. The molecule has 1 aromatic heterocycles. The van der Waals surface area contributed by atoms with Crippen LogP contribution in [-0.4, -0.2) is 34.4 Å². The van der Waals surface area contributed by atoms with E-state index < -0.39 is 6.04 Å². The Morgan fingerprint density at radius 1 is 1.55 bits per heavy atom. The van der Waals surface area contributed by atoms with Crippen molar-refractivity contribution in [2.24, 2.45) is 5.73 Å². The number of rotatable bonds is 6. The second kappa shape index (κ2) is 6.94. The summed E-state index contributed by atoms with van der Waals surface area (Å²) in [6.45, 7) is 0.577. The number of benzene rings is 1. The highest BCUT2D eigenvalue weighted by molar-refractivity contribution is 7.00. The van der Waals surface area contributed by atoms with Gasteiger partial charge in [-0.15, -0.1) is 0 Å². The third-order valence-corrected chi connectivity index (χ3v) is 3.68. The number of amides is 1. The molecule has 0 radical (unpaired) electrons. The summed E-state index contributed by atoms with van der Waals surface area (Å²) in [5.41, 5.74) is 7.57. The molecule has 0 aliphatic rings. The van der Waals surface area contributed by atoms with E-state index in [1.165, 1.54) is 0 Å². The first-order valence-electron chi connectivity index (χ1n) is 6.09. The van der Waals surface area contributed by atoms with E-state index in [9.17, 15) is 4.79 Å². The van der Waals surface area contributed by atoms with Crippen molar-refractivity contribution in [1.29, 1.82) is 0 Å². The number of carbonyl (C=O) groups excluding carboxylic acids is 1. The molecule has 0 aliphatic carbocycles. The zero-order valence-electron chi connectivity index (χ0n) is 10.9. The fourth-order valence-corrected chi connectivity index (χ4v) is 2.48. The van der Waals surface area contributed by atoms with Gasteiger partial charge in [0.1, 0.15) is 11.0 Å². The molecule has 0 spiro atoms. The first-order chi connectivity index (χ1) is 9.63. The van der Waals surface area contributed by atoms with Crippen molar-refractivity contribution in [3.8, 4) is 0 Å². The summed E-state index contributed by atoms with van der Waals surface area (Å²) in [6.07, 6.45) is 1.27. The van der Waals surface area contributed by atoms with Gasteiger partial charge in [-0.1, -0.05) is 11.6 Å². The summed E-state index contributed by atoms with van der Waals surface area (Å²) >= 11 is 7.17. The van der Waals surface area contributed by atoms with Crippen LogP contribution < -0.4 is 11.1 Å². The summed E-state index contributed by atoms with van der Waals surface area (Å²) in [4.78, 5) is 12.0. The largest absolute Gasteiger partial charge is 0.385 e. The molecule has 0 saturated carbocycles. The van der Waals surface area contributed by atoms with Gasteiger partial charge in [0, 0.05) is 13.7 Å². The number of hydrogen-bond acceptors (Lipinski definition) is 6. The van der Waals surface area contributed by atoms with Crippen molar-refractivity contribution in [2.75, 3.05) is 19.0 Å². The fourth-order valence-electron chi connectivity index (χ4n) is 1.74. The van der Waals surface area contributed by atoms with Crippen LogP contribution >= 0.6 is 23.3 Å². The Hall–Kier alpha value is -1.28. The lowest BCUT2D eigenvalue weighted by atomic mass is 10.1. The Labute approximate surface area is 125 Å². The lowest BCUT2D eigenvalue weighted by Gasteiger charge is -2.13. The maximum Gasteiger partial charge on any atom is 0.241 e. The van der Waals surface area contributed by atoms with E-state index in [0.717, 1.165) is 18.1 Å². The third-order valence-electron chi connectivity index (χ3n) is 2.83. The van der Waals surface area contributed by atoms with Crippen LogP contribution in [0.4, 0.5) is 5.69 Å². The number of nitrogens with one attached hydrogen (secondary N) is 1. The lowest BCUT2D eigenvalue weighted by molar-refractivity contribution is -0.117. The zero-order chi connectivity index (χ0) is 14.5. The van der Waals surface area contributed by atoms with E-state index in [1.807, 2.05) is 0 Å². The van der Waals surface area contributed by atoms with E-state index in [0.29, 0.717) is 34.8 Å². The van der Waals surface area contributed by atoms with E-state index >= 15 is 0 Å². The van der Waals surface area contributed by atoms with Crippen LogP contribution in [0.3, 0.4) is 0 Å². The van der Waals surface area contributed by atoms with Crippen LogP contribution in [0, 0.1) is 0 Å². The van der Waals surface area contributed by atoms with Crippen LogP contribution in [0.5, 0.6) is 0 Å². The monoisotopic (exact) mass is 314 g/mol. The number of hydrogen-bond donors (Lipinski definition) is 2. The molecule has 6 nitrogen and oxygen atoms in total. The molecule has 0 saturated heterocycles. The molecule has 1 heterocycles. The number of methoxy groups -OCH3 is 1. The smallest absolute Gasteiger partial charge is 0.241 e. The molecule has 1 unspecified atom stereocenters. The SMILES string of the molecule is COCCCC(N)C(=O)Nc1c(Cl)ccc2nsnc12. The number of aromatic nitrogens is 2. The molecule has 2 rings (SSSR count). The molecule has 0 bridgehead atoms. The van der Waals surface area contributed by atoms with Gasteiger partial charge in [-0.2, -0.15) is 8.75 Å². The maximum atomic E-state index is 12.0. The van der Waals surface area contributed by atoms with Crippen LogP contribution in [-0.2, 0) is 9.53 Å². The number of carbonyl (C=O) groups is 1. The Kier molecular flexibility index (Phi) is 5.24. The van der Waals surface area contributed by atoms with Gasteiger partial charge in [0.2, 0.25) is 5.91 Å². The van der Waals surface area contributed by atoms with Crippen molar-refractivity contribution in [3.63, 3.8) is 0 Å². The first kappa shape index (κ1) is 15.1. The highest BCUT2D eigenvalue weighted by Gasteiger charge is 2.17. The minimum atomic E-state index is -0.608. The van der Waals surface area contributed by atoms with Gasteiger partial charge in [0.15, 0.2) is 0 Å². The van der Waals surface area contributed by atoms with E-state index in [2.05, 4.69) is 14.1 Å². The summed E-state index contributed by atoms with van der Waals surface area (Å²) in [7, 11) is 1.61. The molecule has 0 aliphatic heterocycles. The number of fused-ring (bicyclic) bond motifs is 1. The van der Waals surface area contributed by atoms with Crippen molar-refractivity contribution in [1.82, 2.24) is 8.75 Å². The molecule has 20 heavy (non-hydrogen) atoms. The second-order valence-electron chi connectivity index (χ2n) is 4.29. The van der Waals surface area contributed by atoms with Crippen molar-refractivity contribution in [3.05, 3.63) is 17.2 Å². The molecular formula is C12H15ClN4O2S. The van der Waals surface area contributed by atoms with Crippen LogP contribution in [0.1, 0.15) is 12.8 Å². The zero-order valence-corrected chi connectivity index (χ0v) is 12.5. The van der Waals surface area contributed by atoms with Gasteiger partial charge in [-0.3, -0.25) is 4.79 Å². The molecule has 108 valence electrons. The first-order valence-corrected chi connectivity index (χ1v) is 7.20. The van der Waals surface area contributed by atoms with Crippen molar-refractivity contribution >= 4 is 46.0 Å². The van der Waals surface area contributed by atoms with Gasteiger partial charge in [-0.25, -0.2) is 0 Å². The number of nitrogens with two attached hydrogens (primary N) is 1. The van der Waals surface area contributed by atoms with E-state index in [-0.39, 0.29) is 5.91 Å². The summed E-state index contributed by atoms with van der Waals surface area (Å²) in [5, 5.41) is 3.15. The van der Waals surface area contributed by atoms with Crippen molar-refractivity contribution < 1.29 is 9.53 Å². The number of ether oxygens (including phenoxy) is 1.